The van der Waals surface area contributed by atoms with Crippen LogP contribution in [0.1, 0.15) is 35.4 Å². The van der Waals surface area contributed by atoms with Crippen molar-refractivity contribution in [3.05, 3.63) is 54.0 Å². The number of nitrogens with zero attached hydrogens (tertiary/aromatic N) is 1. The lowest BCUT2D eigenvalue weighted by atomic mass is 10.1. The van der Waals surface area contributed by atoms with Gasteiger partial charge in [0.1, 0.15) is 5.76 Å². The standard InChI is InChI=1S/C19H23N3O3/c23-18(22-10-2-1-3-11-22)14-20-16-8-6-15(7-9-16)19(24)21-13-17-5-4-12-25-17/h4-9,12,20H,1-3,10-11,13-14H2,(H,21,24). The SMILES string of the molecule is O=C(NCc1ccco1)c1ccc(NCC(=O)N2CCCCC2)cc1. The smallest absolute Gasteiger partial charge is 0.251 e. The molecule has 1 aliphatic heterocycles. The molecule has 0 bridgehead atoms. The second-order valence-corrected chi connectivity index (χ2v) is 6.13. The van der Waals surface area contributed by atoms with Gasteiger partial charge < -0.3 is 20.0 Å². The monoisotopic (exact) mass is 341 g/mol. The Morgan fingerprint density at radius 3 is 2.48 bits per heavy atom. The molecule has 3 rings (SSSR count). The summed E-state index contributed by atoms with van der Waals surface area (Å²) in [5, 5.41) is 5.92. The summed E-state index contributed by atoms with van der Waals surface area (Å²) in [5.74, 6) is 0.676. The van der Waals surface area contributed by atoms with E-state index < -0.39 is 0 Å². The van der Waals surface area contributed by atoms with E-state index in [0.717, 1.165) is 31.6 Å². The molecule has 1 saturated heterocycles. The summed E-state index contributed by atoms with van der Waals surface area (Å²) >= 11 is 0. The van der Waals surface area contributed by atoms with Crippen molar-refractivity contribution >= 4 is 17.5 Å². The first-order valence-electron chi connectivity index (χ1n) is 8.65. The fourth-order valence-corrected chi connectivity index (χ4v) is 2.85. The Bertz CT molecular complexity index is 689. The maximum atomic E-state index is 12.1. The summed E-state index contributed by atoms with van der Waals surface area (Å²) in [7, 11) is 0. The number of piperidine rings is 1. The van der Waals surface area contributed by atoms with Crippen molar-refractivity contribution in [2.45, 2.75) is 25.8 Å². The number of hydrogen-bond acceptors (Lipinski definition) is 4. The van der Waals surface area contributed by atoms with E-state index in [1.165, 1.54) is 6.42 Å². The second-order valence-electron chi connectivity index (χ2n) is 6.13. The average molecular weight is 341 g/mol. The third-order valence-corrected chi connectivity index (χ3v) is 4.30. The minimum atomic E-state index is -0.160. The predicted octanol–water partition coefficient (Wildman–Crippen LogP) is 2.63. The van der Waals surface area contributed by atoms with Crippen LogP contribution in [0.25, 0.3) is 0 Å². The number of furan rings is 1. The lowest BCUT2D eigenvalue weighted by molar-refractivity contribution is -0.130. The molecule has 25 heavy (non-hydrogen) atoms. The zero-order valence-electron chi connectivity index (χ0n) is 14.2. The van der Waals surface area contributed by atoms with E-state index in [4.69, 9.17) is 4.42 Å². The van der Waals surface area contributed by atoms with Crippen molar-refractivity contribution in [1.82, 2.24) is 10.2 Å². The maximum absolute atomic E-state index is 12.1. The van der Waals surface area contributed by atoms with E-state index in [1.807, 2.05) is 23.1 Å². The Hall–Kier alpha value is -2.76. The van der Waals surface area contributed by atoms with E-state index in [0.29, 0.717) is 17.9 Å². The van der Waals surface area contributed by atoms with Gasteiger partial charge in [-0.05, 0) is 55.7 Å². The second kappa shape index (κ2) is 8.37. The summed E-state index contributed by atoms with van der Waals surface area (Å²) in [6.45, 7) is 2.35. The highest BCUT2D eigenvalue weighted by Crippen LogP contribution is 2.12. The van der Waals surface area contributed by atoms with Crippen LogP contribution in [-0.4, -0.2) is 36.3 Å². The molecule has 0 unspecified atom stereocenters. The quantitative estimate of drug-likeness (QED) is 0.847. The topological polar surface area (TPSA) is 74.6 Å². The van der Waals surface area contributed by atoms with Crippen molar-refractivity contribution in [3.63, 3.8) is 0 Å². The molecule has 2 heterocycles. The average Bonchev–Trinajstić information content (AvgIpc) is 3.19. The number of amides is 2. The highest BCUT2D eigenvalue weighted by atomic mass is 16.3. The van der Waals surface area contributed by atoms with Gasteiger partial charge in [-0.15, -0.1) is 0 Å². The molecule has 1 aromatic heterocycles. The van der Waals surface area contributed by atoms with Crippen LogP contribution in [-0.2, 0) is 11.3 Å². The number of rotatable bonds is 6. The molecule has 0 atom stereocenters. The molecule has 1 fully saturated rings. The first-order chi connectivity index (χ1) is 12.2. The van der Waals surface area contributed by atoms with E-state index >= 15 is 0 Å². The van der Waals surface area contributed by atoms with Gasteiger partial charge in [-0.25, -0.2) is 0 Å². The van der Waals surface area contributed by atoms with Crippen molar-refractivity contribution < 1.29 is 14.0 Å². The van der Waals surface area contributed by atoms with Gasteiger partial charge in [-0.2, -0.15) is 0 Å². The number of anilines is 1. The van der Waals surface area contributed by atoms with Crippen molar-refractivity contribution in [3.8, 4) is 0 Å². The molecule has 0 aliphatic carbocycles. The molecule has 2 amide bonds. The fraction of sp³-hybridized carbons (Fsp3) is 0.368. The Morgan fingerprint density at radius 1 is 1.04 bits per heavy atom. The van der Waals surface area contributed by atoms with Gasteiger partial charge in [-0.3, -0.25) is 9.59 Å². The first-order valence-corrected chi connectivity index (χ1v) is 8.65. The van der Waals surface area contributed by atoms with Crippen molar-refractivity contribution in [1.29, 1.82) is 0 Å². The van der Waals surface area contributed by atoms with Gasteiger partial charge in [-0.1, -0.05) is 0 Å². The van der Waals surface area contributed by atoms with Crippen molar-refractivity contribution in [2.24, 2.45) is 0 Å². The lowest BCUT2D eigenvalue weighted by Gasteiger charge is -2.26. The molecule has 1 aliphatic rings. The molecule has 0 radical (unpaired) electrons. The molecule has 6 heteroatoms. The Balaban J connectivity index is 1.46. The van der Waals surface area contributed by atoms with Crippen LogP contribution in [0.4, 0.5) is 5.69 Å². The number of hydrogen-bond donors (Lipinski definition) is 2. The number of nitrogens with one attached hydrogen (secondary N) is 2. The minimum Gasteiger partial charge on any atom is -0.467 e. The number of benzene rings is 1. The highest BCUT2D eigenvalue weighted by molar-refractivity contribution is 5.94. The zero-order chi connectivity index (χ0) is 17.5. The van der Waals surface area contributed by atoms with Gasteiger partial charge in [0.25, 0.3) is 5.91 Å². The Morgan fingerprint density at radius 2 is 1.80 bits per heavy atom. The lowest BCUT2D eigenvalue weighted by Crippen LogP contribution is -2.39. The third kappa shape index (κ3) is 4.86. The molecule has 2 N–H and O–H groups in total. The van der Waals surface area contributed by atoms with Crippen LogP contribution in [0.15, 0.2) is 47.1 Å². The summed E-state index contributed by atoms with van der Waals surface area (Å²) in [6.07, 6.45) is 4.97. The minimum absolute atomic E-state index is 0.125. The highest BCUT2D eigenvalue weighted by Gasteiger charge is 2.15. The van der Waals surface area contributed by atoms with Crippen LogP contribution in [0, 0.1) is 0 Å². The number of likely N-dealkylation sites (tertiary alicyclic amines) is 1. The predicted molar refractivity (Wildman–Crippen MR) is 95.2 cm³/mol. The molecule has 132 valence electrons. The van der Waals surface area contributed by atoms with E-state index in [2.05, 4.69) is 10.6 Å². The Kier molecular flexibility index (Phi) is 5.72. The molecule has 1 aromatic carbocycles. The number of carbonyl (C=O) groups is 2. The van der Waals surface area contributed by atoms with Gasteiger partial charge in [0, 0.05) is 24.3 Å². The normalized spacial score (nSPS) is 14.2. The zero-order valence-corrected chi connectivity index (χ0v) is 14.2. The summed E-state index contributed by atoms with van der Waals surface area (Å²) < 4.78 is 5.18. The third-order valence-electron chi connectivity index (χ3n) is 4.30. The van der Waals surface area contributed by atoms with Gasteiger partial charge >= 0.3 is 0 Å². The van der Waals surface area contributed by atoms with Crippen LogP contribution in [0.2, 0.25) is 0 Å². The molecule has 2 aromatic rings. The molecular formula is C19H23N3O3. The molecule has 0 saturated carbocycles. The van der Waals surface area contributed by atoms with Gasteiger partial charge in [0.2, 0.25) is 5.91 Å². The largest absolute Gasteiger partial charge is 0.467 e. The van der Waals surface area contributed by atoms with E-state index in [9.17, 15) is 9.59 Å². The summed E-state index contributed by atoms with van der Waals surface area (Å²) in [5.41, 5.74) is 1.40. The van der Waals surface area contributed by atoms with Crippen LogP contribution in [0.3, 0.4) is 0 Å². The summed E-state index contributed by atoms with van der Waals surface area (Å²) in [6, 6.07) is 10.7. The van der Waals surface area contributed by atoms with Crippen LogP contribution in [0.5, 0.6) is 0 Å². The molecular weight excluding hydrogens is 318 g/mol. The maximum Gasteiger partial charge on any atom is 0.251 e. The van der Waals surface area contributed by atoms with Crippen molar-refractivity contribution in [2.75, 3.05) is 25.0 Å². The summed E-state index contributed by atoms with van der Waals surface area (Å²) in [4.78, 5) is 26.1. The Labute approximate surface area is 147 Å². The molecule has 0 spiro atoms. The van der Waals surface area contributed by atoms with Gasteiger partial charge in [0.05, 0.1) is 19.4 Å². The van der Waals surface area contributed by atoms with E-state index in [-0.39, 0.29) is 18.4 Å². The van der Waals surface area contributed by atoms with E-state index in [1.54, 1.807) is 24.5 Å². The molecule has 6 nitrogen and oxygen atoms in total. The first kappa shape index (κ1) is 17.1. The van der Waals surface area contributed by atoms with Crippen LogP contribution >= 0.6 is 0 Å². The van der Waals surface area contributed by atoms with Gasteiger partial charge in [0.15, 0.2) is 0 Å². The number of carbonyl (C=O) groups excluding carboxylic acids is 2. The van der Waals surface area contributed by atoms with Crippen LogP contribution < -0.4 is 10.6 Å². The fourth-order valence-electron chi connectivity index (χ4n) is 2.85.